The van der Waals surface area contributed by atoms with Gasteiger partial charge in [-0.15, -0.1) is 0 Å². The van der Waals surface area contributed by atoms with Crippen LogP contribution in [0.4, 0.5) is 5.69 Å². The number of hydrogen-bond donors (Lipinski definition) is 1. The minimum Gasteiger partial charge on any atom is -0.354 e. The molecule has 0 radical (unpaired) electrons. The van der Waals surface area contributed by atoms with Crippen molar-refractivity contribution in [2.45, 2.75) is 51.1 Å². The summed E-state index contributed by atoms with van der Waals surface area (Å²) in [6.07, 6.45) is 1.77. The number of nitrogens with one attached hydrogen (secondary N) is 1. The van der Waals surface area contributed by atoms with Crippen molar-refractivity contribution in [3.05, 3.63) is 96.1 Å². The Hall–Kier alpha value is -3.65. The summed E-state index contributed by atoms with van der Waals surface area (Å²) in [5, 5.41) is 2.89. The van der Waals surface area contributed by atoms with E-state index in [0.29, 0.717) is 12.2 Å². The molecule has 3 aromatic rings. The Morgan fingerprint density at radius 1 is 0.892 bits per heavy atom. The Morgan fingerprint density at radius 3 is 2.11 bits per heavy atom. The number of benzene rings is 3. The first-order chi connectivity index (χ1) is 17.8. The van der Waals surface area contributed by atoms with Gasteiger partial charge < -0.3 is 10.2 Å². The zero-order valence-corrected chi connectivity index (χ0v) is 22.4. The van der Waals surface area contributed by atoms with E-state index in [4.69, 9.17) is 0 Å². The molecule has 196 valence electrons. The highest BCUT2D eigenvalue weighted by molar-refractivity contribution is 7.92. The second-order valence-electron chi connectivity index (χ2n) is 8.94. The Morgan fingerprint density at radius 2 is 1.49 bits per heavy atom. The van der Waals surface area contributed by atoms with Crippen LogP contribution in [0.2, 0.25) is 0 Å². The molecule has 2 amide bonds. The van der Waals surface area contributed by atoms with E-state index in [1.165, 1.54) is 17.0 Å². The fraction of sp³-hybridized carbons (Fsp3) is 0.310. The number of unbranched alkanes of at least 4 members (excludes halogenated alkanes) is 1. The van der Waals surface area contributed by atoms with Crippen molar-refractivity contribution in [2.24, 2.45) is 0 Å². The highest BCUT2D eigenvalue weighted by Crippen LogP contribution is 2.27. The van der Waals surface area contributed by atoms with Crippen molar-refractivity contribution < 1.29 is 18.0 Å². The van der Waals surface area contributed by atoms with Crippen LogP contribution < -0.4 is 9.62 Å². The number of nitrogens with zero attached hydrogens (tertiary/aromatic N) is 2. The molecule has 0 saturated heterocycles. The van der Waals surface area contributed by atoms with Crippen molar-refractivity contribution in [3.8, 4) is 0 Å². The second-order valence-corrected chi connectivity index (χ2v) is 10.8. The van der Waals surface area contributed by atoms with Crippen LogP contribution in [0.1, 0.15) is 37.8 Å². The monoisotopic (exact) mass is 521 g/mol. The average Bonchev–Trinajstić information content (AvgIpc) is 2.91. The molecular formula is C29H35N3O4S. The van der Waals surface area contributed by atoms with Gasteiger partial charge in [0.2, 0.25) is 11.8 Å². The van der Waals surface area contributed by atoms with Crippen molar-refractivity contribution in [2.75, 3.05) is 17.4 Å². The SMILES string of the molecule is CCCCNC(=O)C(C)N(Cc1ccccc1)C(=O)CN(c1ccccc1C)S(=O)(=O)c1ccccc1. The highest BCUT2D eigenvalue weighted by Gasteiger charge is 2.32. The van der Waals surface area contributed by atoms with Crippen LogP contribution in [0.3, 0.4) is 0 Å². The maximum absolute atomic E-state index is 13.8. The summed E-state index contributed by atoms with van der Waals surface area (Å²) in [5.41, 5.74) is 1.98. The lowest BCUT2D eigenvalue weighted by molar-refractivity contribution is -0.139. The molecule has 0 fully saturated rings. The van der Waals surface area contributed by atoms with Gasteiger partial charge in [-0.2, -0.15) is 0 Å². The van der Waals surface area contributed by atoms with Gasteiger partial charge in [0.1, 0.15) is 12.6 Å². The van der Waals surface area contributed by atoms with Gasteiger partial charge in [0.05, 0.1) is 10.6 Å². The number of amides is 2. The zero-order chi connectivity index (χ0) is 26.8. The first-order valence-electron chi connectivity index (χ1n) is 12.5. The van der Waals surface area contributed by atoms with E-state index in [-0.39, 0.29) is 17.3 Å². The number of rotatable bonds is 12. The Balaban J connectivity index is 1.98. The molecule has 1 N–H and O–H groups in total. The largest absolute Gasteiger partial charge is 0.354 e. The van der Waals surface area contributed by atoms with Gasteiger partial charge in [-0.25, -0.2) is 8.42 Å². The van der Waals surface area contributed by atoms with E-state index >= 15 is 0 Å². The van der Waals surface area contributed by atoms with Crippen molar-refractivity contribution >= 4 is 27.5 Å². The standard InChI is InChI=1S/C29H35N3O4S/c1-4-5-20-30-29(34)24(3)31(21-25-15-8-6-9-16-25)28(33)22-32(27-19-13-12-14-23(27)2)37(35,36)26-17-10-7-11-18-26/h6-19,24H,4-5,20-22H2,1-3H3,(H,30,34). The Labute approximate surface area is 220 Å². The molecule has 8 heteroatoms. The molecule has 0 spiro atoms. The lowest BCUT2D eigenvalue weighted by Crippen LogP contribution is -2.51. The van der Waals surface area contributed by atoms with Gasteiger partial charge in [0.15, 0.2) is 0 Å². The van der Waals surface area contributed by atoms with Crippen LogP contribution in [-0.4, -0.2) is 44.3 Å². The first kappa shape index (κ1) is 27.9. The summed E-state index contributed by atoms with van der Waals surface area (Å²) in [6.45, 7) is 5.76. The number of anilines is 1. The minimum atomic E-state index is -4.06. The first-order valence-corrected chi connectivity index (χ1v) is 13.9. The Kier molecular flexibility index (Phi) is 9.85. The van der Waals surface area contributed by atoms with E-state index in [1.807, 2.05) is 43.3 Å². The summed E-state index contributed by atoms with van der Waals surface area (Å²) in [4.78, 5) is 28.3. The third-order valence-electron chi connectivity index (χ3n) is 6.19. The van der Waals surface area contributed by atoms with E-state index < -0.39 is 28.5 Å². The summed E-state index contributed by atoms with van der Waals surface area (Å²) in [5.74, 6) is -0.740. The predicted molar refractivity (Wildman–Crippen MR) is 147 cm³/mol. The molecule has 0 aromatic heterocycles. The molecule has 1 unspecified atom stereocenters. The van der Waals surface area contributed by atoms with Crippen molar-refractivity contribution in [3.63, 3.8) is 0 Å². The fourth-order valence-corrected chi connectivity index (χ4v) is 5.47. The molecule has 7 nitrogen and oxygen atoms in total. The van der Waals surface area contributed by atoms with Crippen LogP contribution in [0, 0.1) is 6.92 Å². The van der Waals surface area contributed by atoms with Crippen LogP contribution in [-0.2, 0) is 26.2 Å². The average molecular weight is 522 g/mol. The molecule has 0 heterocycles. The Bertz CT molecular complexity index is 1280. The lowest BCUT2D eigenvalue weighted by atomic mass is 10.1. The van der Waals surface area contributed by atoms with Gasteiger partial charge in [-0.05, 0) is 49.6 Å². The third-order valence-corrected chi connectivity index (χ3v) is 7.96. The second kappa shape index (κ2) is 13.1. The molecule has 1 atom stereocenters. The quantitative estimate of drug-likeness (QED) is 0.355. The number of sulfonamides is 1. The minimum absolute atomic E-state index is 0.0889. The van der Waals surface area contributed by atoms with Crippen molar-refractivity contribution in [1.82, 2.24) is 10.2 Å². The summed E-state index contributed by atoms with van der Waals surface area (Å²) < 4.78 is 28.6. The summed E-state index contributed by atoms with van der Waals surface area (Å²) in [7, 11) is -4.06. The smallest absolute Gasteiger partial charge is 0.264 e. The van der Waals surface area contributed by atoms with Gasteiger partial charge in [0, 0.05) is 13.1 Å². The van der Waals surface area contributed by atoms with Crippen LogP contribution >= 0.6 is 0 Å². The lowest BCUT2D eigenvalue weighted by Gasteiger charge is -2.32. The predicted octanol–water partition coefficient (Wildman–Crippen LogP) is 4.52. The molecule has 0 saturated carbocycles. The van der Waals surface area contributed by atoms with E-state index in [2.05, 4.69) is 5.32 Å². The topological polar surface area (TPSA) is 86.8 Å². The summed E-state index contributed by atoms with van der Waals surface area (Å²) >= 11 is 0. The maximum Gasteiger partial charge on any atom is 0.264 e. The number of hydrogen-bond acceptors (Lipinski definition) is 4. The molecular weight excluding hydrogens is 486 g/mol. The zero-order valence-electron chi connectivity index (χ0n) is 21.6. The normalized spacial score (nSPS) is 12.0. The van der Waals surface area contributed by atoms with Gasteiger partial charge in [-0.1, -0.05) is 80.1 Å². The molecule has 0 bridgehead atoms. The number of para-hydroxylation sites is 1. The number of aryl methyl sites for hydroxylation is 1. The fourth-order valence-electron chi connectivity index (χ4n) is 3.98. The van der Waals surface area contributed by atoms with Crippen LogP contribution in [0.15, 0.2) is 89.8 Å². The molecule has 3 rings (SSSR count). The van der Waals surface area contributed by atoms with Crippen LogP contribution in [0.25, 0.3) is 0 Å². The van der Waals surface area contributed by atoms with E-state index in [0.717, 1.165) is 28.3 Å². The highest BCUT2D eigenvalue weighted by atomic mass is 32.2. The molecule has 0 aliphatic rings. The summed E-state index contributed by atoms with van der Waals surface area (Å²) in [6, 6.07) is 23.7. The van der Waals surface area contributed by atoms with Crippen molar-refractivity contribution in [1.29, 1.82) is 0 Å². The third kappa shape index (κ3) is 7.20. The molecule has 0 aliphatic carbocycles. The number of carbonyl (C=O) groups excluding carboxylic acids is 2. The van der Waals surface area contributed by atoms with Crippen LogP contribution in [0.5, 0.6) is 0 Å². The number of carbonyl (C=O) groups is 2. The molecule has 0 aliphatic heterocycles. The van der Waals surface area contributed by atoms with Gasteiger partial charge in [0.25, 0.3) is 10.0 Å². The van der Waals surface area contributed by atoms with E-state index in [9.17, 15) is 18.0 Å². The van der Waals surface area contributed by atoms with E-state index in [1.54, 1.807) is 50.2 Å². The van der Waals surface area contributed by atoms with Gasteiger partial charge >= 0.3 is 0 Å². The molecule has 3 aromatic carbocycles. The molecule has 37 heavy (non-hydrogen) atoms. The maximum atomic E-state index is 13.8. The van der Waals surface area contributed by atoms with Gasteiger partial charge in [-0.3, -0.25) is 13.9 Å².